The molecule has 0 spiro atoms. The average Bonchev–Trinajstić information content (AvgIpc) is 2.87. The van der Waals surface area contributed by atoms with Gasteiger partial charge in [0, 0.05) is 0 Å². The first-order valence-corrected chi connectivity index (χ1v) is 7.73. The van der Waals surface area contributed by atoms with Gasteiger partial charge >= 0.3 is 17.8 Å². The van der Waals surface area contributed by atoms with Crippen molar-refractivity contribution in [3.05, 3.63) is 54.3 Å². The van der Waals surface area contributed by atoms with E-state index in [0.29, 0.717) is 11.5 Å². The molecule has 1 fully saturated rings. The minimum atomic E-state index is -0.929. The molecule has 0 atom stereocenters. The van der Waals surface area contributed by atoms with E-state index in [4.69, 9.17) is 9.47 Å². The van der Waals surface area contributed by atoms with Crippen LogP contribution in [0.1, 0.15) is 0 Å². The predicted molar refractivity (Wildman–Crippen MR) is 89.5 cm³/mol. The third-order valence-corrected chi connectivity index (χ3v) is 3.78. The highest BCUT2D eigenvalue weighted by molar-refractivity contribution is 6.52. The summed E-state index contributed by atoms with van der Waals surface area (Å²) in [5.74, 6) is -1.30. The first-order valence-electron chi connectivity index (χ1n) is 7.73. The van der Waals surface area contributed by atoms with E-state index in [2.05, 4.69) is 0 Å². The van der Waals surface area contributed by atoms with E-state index in [-0.39, 0.29) is 18.8 Å². The van der Waals surface area contributed by atoms with Crippen LogP contribution in [-0.4, -0.2) is 43.0 Å². The Morgan fingerprint density at radius 3 is 2.12 bits per heavy atom. The molecule has 3 rings (SSSR count). The first kappa shape index (κ1) is 17.4. The van der Waals surface area contributed by atoms with Crippen LogP contribution in [0.25, 0.3) is 0 Å². The van der Waals surface area contributed by atoms with Gasteiger partial charge in [-0.25, -0.2) is 14.1 Å². The largest absolute Gasteiger partial charge is 0.497 e. The van der Waals surface area contributed by atoms with Crippen LogP contribution in [0.3, 0.4) is 0 Å². The molecule has 1 heterocycles. The van der Waals surface area contributed by atoms with Crippen LogP contribution in [0.2, 0.25) is 0 Å². The zero-order valence-corrected chi connectivity index (χ0v) is 13.8. The molecule has 4 amide bonds. The lowest BCUT2D eigenvalue weighted by molar-refractivity contribution is -0.139. The molecule has 0 radical (unpaired) electrons. The number of rotatable bonds is 6. The van der Waals surface area contributed by atoms with Crippen LogP contribution < -0.4 is 14.4 Å². The van der Waals surface area contributed by atoms with Crippen LogP contribution in [0.5, 0.6) is 11.5 Å². The van der Waals surface area contributed by atoms with Gasteiger partial charge in [0.05, 0.1) is 19.3 Å². The number of benzene rings is 2. The second-order valence-corrected chi connectivity index (χ2v) is 5.38. The number of ether oxygens (including phenoxy) is 2. The molecule has 0 bridgehead atoms. The van der Waals surface area contributed by atoms with Crippen molar-refractivity contribution in [2.75, 3.05) is 25.2 Å². The summed E-state index contributed by atoms with van der Waals surface area (Å²) in [6, 6.07) is 10.8. The van der Waals surface area contributed by atoms with Gasteiger partial charge in [0.2, 0.25) is 0 Å². The molecule has 7 nitrogen and oxygen atoms in total. The molecular formula is C18H15FN2O5. The van der Waals surface area contributed by atoms with Gasteiger partial charge in [0.15, 0.2) is 0 Å². The molecule has 0 aliphatic carbocycles. The number of nitrogens with zero attached hydrogens (tertiary/aromatic N) is 2. The van der Waals surface area contributed by atoms with Crippen LogP contribution in [0.15, 0.2) is 48.5 Å². The number of urea groups is 1. The Labute approximate surface area is 148 Å². The Balaban J connectivity index is 1.66. The third-order valence-electron chi connectivity index (χ3n) is 3.78. The van der Waals surface area contributed by atoms with Gasteiger partial charge in [-0.2, -0.15) is 0 Å². The van der Waals surface area contributed by atoms with Crippen molar-refractivity contribution < 1.29 is 28.2 Å². The van der Waals surface area contributed by atoms with E-state index < -0.39 is 23.7 Å². The maximum Gasteiger partial charge on any atom is 0.339 e. The number of anilines is 1. The number of imide groups is 2. The molecular weight excluding hydrogens is 343 g/mol. The number of halogens is 1. The highest BCUT2D eigenvalue weighted by Gasteiger charge is 2.45. The molecule has 0 aromatic heterocycles. The van der Waals surface area contributed by atoms with Gasteiger partial charge in [-0.3, -0.25) is 14.5 Å². The summed E-state index contributed by atoms with van der Waals surface area (Å²) in [5, 5.41) is 0. The summed E-state index contributed by atoms with van der Waals surface area (Å²) >= 11 is 0. The van der Waals surface area contributed by atoms with Crippen LogP contribution in [0.4, 0.5) is 14.9 Å². The normalized spacial score (nSPS) is 14.2. The smallest absolute Gasteiger partial charge is 0.339 e. The fourth-order valence-corrected chi connectivity index (χ4v) is 2.45. The van der Waals surface area contributed by atoms with E-state index in [1.54, 1.807) is 12.1 Å². The van der Waals surface area contributed by atoms with Crippen molar-refractivity contribution in [2.45, 2.75) is 0 Å². The molecule has 0 unspecified atom stereocenters. The SMILES string of the molecule is COc1ccc(N2C(=O)C(=O)N(CCOc3ccc(F)cc3)C2=O)cc1. The maximum absolute atomic E-state index is 12.8. The van der Waals surface area contributed by atoms with Crippen molar-refractivity contribution in [3.63, 3.8) is 0 Å². The van der Waals surface area contributed by atoms with Crippen molar-refractivity contribution in [1.82, 2.24) is 4.90 Å². The quantitative estimate of drug-likeness (QED) is 0.585. The van der Waals surface area contributed by atoms with Gasteiger partial charge in [-0.15, -0.1) is 0 Å². The lowest BCUT2D eigenvalue weighted by Crippen LogP contribution is -2.36. The summed E-state index contributed by atoms with van der Waals surface area (Å²) in [6.45, 7) is -0.125. The van der Waals surface area contributed by atoms with E-state index in [1.807, 2.05) is 0 Å². The first-order chi connectivity index (χ1) is 12.5. The molecule has 0 N–H and O–H groups in total. The minimum absolute atomic E-state index is 0.0210. The summed E-state index contributed by atoms with van der Waals surface area (Å²) in [6.07, 6.45) is 0. The van der Waals surface area contributed by atoms with Crippen molar-refractivity contribution in [3.8, 4) is 11.5 Å². The molecule has 134 valence electrons. The second-order valence-electron chi connectivity index (χ2n) is 5.38. The number of hydrogen-bond acceptors (Lipinski definition) is 5. The topological polar surface area (TPSA) is 76.2 Å². The highest BCUT2D eigenvalue weighted by atomic mass is 19.1. The van der Waals surface area contributed by atoms with Gasteiger partial charge in [-0.05, 0) is 48.5 Å². The molecule has 1 aliphatic heterocycles. The van der Waals surface area contributed by atoms with Gasteiger partial charge < -0.3 is 9.47 Å². The lowest BCUT2D eigenvalue weighted by atomic mass is 10.3. The molecule has 1 saturated heterocycles. The Bertz CT molecular complexity index is 836. The van der Waals surface area contributed by atoms with E-state index in [1.165, 1.54) is 43.5 Å². The third kappa shape index (κ3) is 3.34. The van der Waals surface area contributed by atoms with Crippen molar-refractivity contribution >= 4 is 23.5 Å². The zero-order chi connectivity index (χ0) is 18.7. The number of hydrogen-bond donors (Lipinski definition) is 0. The number of amides is 4. The Kier molecular flexibility index (Phi) is 4.83. The molecule has 26 heavy (non-hydrogen) atoms. The van der Waals surface area contributed by atoms with E-state index in [0.717, 1.165) is 9.80 Å². The monoisotopic (exact) mass is 358 g/mol. The molecule has 0 saturated carbocycles. The zero-order valence-electron chi connectivity index (χ0n) is 13.8. The Hall–Kier alpha value is -3.42. The summed E-state index contributed by atoms with van der Waals surface area (Å²) in [4.78, 5) is 38.3. The molecule has 8 heteroatoms. The Morgan fingerprint density at radius 2 is 1.50 bits per heavy atom. The highest BCUT2D eigenvalue weighted by Crippen LogP contribution is 2.24. The van der Waals surface area contributed by atoms with Gasteiger partial charge in [-0.1, -0.05) is 0 Å². The van der Waals surface area contributed by atoms with Gasteiger partial charge in [0.1, 0.15) is 23.9 Å². The van der Waals surface area contributed by atoms with Crippen molar-refractivity contribution in [1.29, 1.82) is 0 Å². The van der Waals surface area contributed by atoms with E-state index >= 15 is 0 Å². The predicted octanol–water partition coefficient (Wildman–Crippen LogP) is 2.21. The van der Waals surface area contributed by atoms with Crippen molar-refractivity contribution in [2.24, 2.45) is 0 Å². The summed E-state index contributed by atoms with van der Waals surface area (Å²) in [5.41, 5.74) is 0.274. The standard InChI is InChI=1S/C18H15FN2O5/c1-25-14-8-4-13(5-9-14)21-17(23)16(22)20(18(21)24)10-11-26-15-6-2-12(19)3-7-15/h2-9H,10-11H2,1H3. The van der Waals surface area contributed by atoms with Crippen LogP contribution in [-0.2, 0) is 9.59 Å². The molecule has 1 aliphatic rings. The summed E-state index contributed by atoms with van der Waals surface area (Å²) in [7, 11) is 1.49. The maximum atomic E-state index is 12.8. The van der Waals surface area contributed by atoms with Gasteiger partial charge in [0.25, 0.3) is 0 Å². The van der Waals surface area contributed by atoms with Crippen LogP contribution >= 0.6 is 0 Å². The fraction of sp³-hybridized carbons (Fsp3) is 0.167. The lowest BCUT2D eigenvalue weighted by Gasteiger charge is -2.16. The average molecular weight is 358 g/mol. The fourth-order valence-electron chi connectivity index (χ4n) is 2.45. The number of carbonyl (C=O) groups is 3. The molecule has 2 aromatic carbocycles. The second kappa shape index (κ2) is 7.22. The molecule has 2 aromatic rings. The summed E-state index contributed by atoms with van der Waals surface area (Å²) < 4.78 is 23.2. The van der Waals surface area contributed by atoms with Crippen LogP contribution in [0, 0.1) is 5.82 Å². The Morgan fingerprint density at radius 1 is 0.885 bits per heavy atom. The van der Waals surface area contributed by atoms with E-state index in [9.17, 15) is 18.8 Å². The number of carbonyl (C=O) groups excluding carboxylic acids is 3. The number of methoxy groups -OCH3 is 1. The minimum Gasteiger partial charge on any atom is -0.497 e.